The number of unbranched alkanes of at least 4 members (excludes halogenated alkanes) is 3. The minimum absolute atomic E-state index is 0.0837. The monoisotopic (exact) mass is 318 g/mol. The predicted octanol–water partition coefficient (Wildman–Crippen LogP) is 3.19. The van der Waals surface area contributed by atoms with Gasteiger partial charge in [-0.3, -0.25) is 4.79 Å². The summed E-state index contributed by atoms with van der Waals surface area (Å²) in [7, 11) is 0. The molecule has 0 radical (unpaired) electrons. The molecule has 0 aromatic heterocycles. The van der Waals surface area contributed by atoms with Crippen molar-refractivity contribution in [1.82, 2.24) is 10.2 Å². The fourth-order valence-electron chi connectivity index (χ4n) is 2.02. The number of hydrogen-bond donors (Lipinski definition) is 2. The Morgan fingerprint density at radius 1 is 1.14 bits per heavy atom. The lowest BCUT2D eigenvalue weighted by Crippen LogP contribution is -2.44. The highest BCUT2D eigenvalue weighted by molar-refractivity contribution is 7.98. The molecule has 2 amide bonds. The summed E-state index contributed by atoms with van der Waals surface area (Å²) in [5.74, 6) is 0.390. The van der Waals surface area contributed by atoms with Gasteiger partial charge in [-0.25, -0.2) is 4.79 Å². The standard InChI is InChI=1S/C15H30N2O3S/c1-13(2)17(11-8-9-14(18)19)15(20)16-10-6-4-5-7-12-21-3/h13H,4-12H2,1-3H3,(H,16,20)(H,18,19). The van der Waals surface area contributed by atoms with Gasteiger partial charge in [0.2, 0.25) is 0 Å². The molecule has 6 heteroatoms. The Morgan fingerprint density at radius 2 is 1.81 bits per heavy atom. The average Bonchev–Trinajstić information content (AvgIpc) is 2.41. The van der Waals surface area contributed by atoms with Crippen molar-refractivity contribution in [2.24, 2.45) is 0 Å². The van der Waals surface area contributed by atoms with Gasteiger partial charge in [0.25, 0.3) is 0 Å². The van der Waals surface area contributed by atoms with Gasteiger partial charge in [0, 0.05) is 25.6 Å². The fraction of sp³-hybridized carbons (Fsp3) is 0.867. The number of hydrogen-bond acceptors (Lipinski definition) is 3. The summed E-state index contributed by atoms with van der Waals surface area (Å²) in [6.45, 7) is 5.08. The number of carboxylic acid groups (broad SMARTS) is 1. The van der Waals surface area contributed by atoms with Crippen LogP contribution in [0.25, 0.3) is 0 Å². The van der Waals surface area contributed by atoms with Crippen molar-refractivity contribution in [1.29, 1.82) is 0 Å². The van der Waals surface area contributed by atoms with Gasteiger partial charge < -0.3 is 15.3 Å². The molecule has 0 spiro atoms. The summed E-state index contributed by atoms with van der Waals surface area (Å²) in [6, 6.07) is -0.000114. The van der Waals surface area contributed by atoms with Crippen LogP contribution >= 0.6 is 11.8 Å². The Morgan fingerprint density at radius 3 is 2.38 bits per heavy atom. The number of carbonyl (C=O) groups excluding carboxylic acids is 1. The van der Waals surface area contributed by atoms with E-state index in [0.29, 0.717) is 19.5 Å². The number of nitrogens with one attached hydrogen (secondary N) is 1. The van der Waals surface area contributed by atoms with Crippen LogP contribution in [0.15, 0.2) is 0 Å². The largest absolute Gasteiger partial charge is 0.481 e. The first kappa shape index (κ1) is 20.1. The molecule has 0 aliphatic carbocycles. The average molecular weight is 318 g/mol. The van der Waals surface area contributed by atoms with Gasteiger partial charge in [0.15, 0.2) is 0 Å². The van der Waals surface area contributed by atoms with Gasteiger partial charge in [0.05, 0.1) is 0 Å². The molecule has 5 nitrogen and oxygen atoms in total. The number of nitrogens with zero attached hydrogens (tertiary/aromatic N) is 1. The zero-order valence-corrected chi connectivity index (χ0v) is 14.4. The third-order valence-electron chi connectivity index (χ3n) is 3.23. The zero-order valence-electron chi connectivity index (χ0n) is 13.6. The second kappa shape index (κ2) is 12.8. The maximum absolute atomic E-state index is 12.1. The number of thioether (sulfide) groups is 1. The van der Waals surface area contributed by atoms with Gasteiger partial charge in [-0.2, -0.15) is 11.8 Å². The zero-order chi connectivity index (χ0) is 16.1. The quantitative estimate of drug-likeness (QED) is 0.542. The van der Waals surface area contributed by atoms with Crippen molar-refractivity contribution in [3.05, 3.63) is 0 Å². The smallest absolute Gasteiger partial charge is 0.317 e. The molecule has 0 rings (SSSR count). The summed E-state index contributed by atoms with van der Waals surface area (Å²) in [6.07, 6.45) is 7.31. The van der Waals surface area contributed by atoms with Crippen LogP contribution in [-0.4, -0.2) is 53.1 Å². The fourth-order valence-corrected chi connectivity index (χ4v) is 2.51. The molecule has 0 aromatic rings. The van der Waals surface area contributed by atoms with E-state index in [0.717, 1.165) is 12.8 Å². The molecule has 0 atom stereocenters. The van der Waals surface area contributed by atoms with Crippen LogP contribution in [0.5, 0.6) is 0 Å². The molecule has 21 heavy (non-hydrogen) atoms. The van der Waals surface area contributed by atoms with Gasteiger partial charge in [-0.05, 0) is 45.1 Å². The number of urea groups is 1. The number of rotatable bonds is 12. The molecule has 0 unspecified atom stereocenters. The van der Waals surface area contributed by atoms with Gasteiger partial charge in [-0.15, -0.1) is 0 Å². The van der Waals surface area contributed by atoms with E-state index in [4.69, 9.17) is 5.11 Å². The van der Waals surface area contributed by atoms with Crippen molar-refractivity contribution in [2.45, 2.75) is 58.4 Å². The highest BCUT2D eigenvalue weighted by Crippen LogP contribution is 2.05. The van der Waals surface area contributed by atoms with E-state index in [1.54, 1.807) is 4.90 Å². The second-order valence-corrected chi connectivity index (χ2v) is 6.41. The van der Waals surface area contributed by atoms with Gasteiger partial charge in [-0.1, -0.05) is 12.8 Å². The SMILES string of the molecule is CSCCCCCCNC(=O)N(CCCC(=O)O)C(C)C. The number of amides is 2. The maximum Gasteiger partial charge on any atom is 0.317 e. The summed E-state index contributed by atoms with van der Waals surface area (Å²) in [5.41, 5.74) is 0. The highest BCUT2D eigenvalue weighted by Gasteiger charge is 2.16. The molecule has 0 saturated heterocycles. The molecular weight excluding hydrogens is 288 g/mol. The molecule has 0 bridgehead atoms. The number of carboxylic acids is 1. The lowest BCUT2D eigenvalue weighted by Gasteiger charge is -2.26. The lowest BCUT2D eigenvalue weighted by atomic mass is 10.2. The van der Waals surface area contributed by atoms with Crippen molar-refractivity contribution in [2.75, 3.05) is 25.1 Å². The van der Waals surface area contributed by atoms with E-state index < -0.39 is 5.97 Å². The Balaban J connectivity index is 3.83. The van der Waals surface area contributed by atoms with Crippen LogP contribution in [0.1, 0.15) is 52.4 Å². The molecule has 0 aliphatic heterocycles. The van der Waals surface area contributed by atoms with E-state index >= 15 is 0 Å². The van der Waals surface area contributed by atoms with Crippen LogP contribution in [0, 0.1) is 0 Å². The summed E-state index contributed by atoms with van der Waals surface area (Å²) in [4.78, 5) is 24.3. The van der Waals surface area contributed by atoms with Crippen LogP contribution in [-0.2, 0) is 4.79 Å². The molecule has 124 valence electrons. The van der Waals surface area contributed by atoms with Crippen molar-refractivity contribution < 1.29 is 14.7 Å². The molecule has 0 aromatic carbocycles. The van der Waals surface area contributed by atoms with Crippen LogP contribution in [0.4, 0.5) is 4.79 Å². The Bertz CT molecular complexity index is 299. The molecule has 0 heterocycles. The number of carbonyl (C=O) groups is 2. The summed E-state index contributed by atoms with van der Waals surface area (Å²) < 4.78 is 0. The summed E-state index contributed by atoms with van der Waals surface area (Å²) >= 11 is 1.87. The predicted molar refractivity (Wildman–Crippen MR) is 89.0 cm³/mol. The Kier molecular flexibility index (Phi) is 12.2. The van der Waals surface area contributed by atoms with E-state index in [-0.39, 0.29) is 18.5 Å². The molecule has 0 aliphatic rings. The third-order valence-corrected chi connectivity index (χ3v) is 3.92. The van der Waals surface area contributed by atoms with Gasteiger partial charge in [0.1, 0.15) is 0 Å². The van der Waals surface area contributed by atoms with E-state index in [9.17, 15) is 9.59 Å². The van der Waals surface area contributed by atoms with Crippen molar-refractivity contribution in [3.8, 4) is 0 Å². The topological polar surface area (TPSA) is 69.6 Å². The third kappa shape index (κ3) is 11.4. The van der Waals surface area contributed by atoms with Crippen LogP contribution < -0.4 is 5.32 Å². The lowest BCUT2D eigenvalue weighted by molar-refractivity contribution is -0.137. The highest BCUT2D eigenvalue weighted by atomic mass is 32.2. The minimum Gasteiger partial charge on any atom is -0.481 e. The Hall–Kier alpha value is -0.910. The van der Waals surface area contributed by atoms with Crippen molar-refractivity contribution >= 4 is 23.8 Å². The normalized spacial score (nSPS) is 10.7. The molecule has 2 N–H and O–H groups in total. The van der Waals surface area contributed by atoms with E-state index in [1.165, 1.54) is 18.6 Å². The Labute approximate surface area is 132 Å². The van der Waals surface area contributed by atoms with Crippen molar-refractivity contribution in [3.63, 3.8) is 0 Å². The first-order valence-corrected chi connectivity index (χ1v) is 9.13. The van der Waals surface area contributed by atoms with Gasteiger partial charge >= 0.3 is 12.0 Å². The first-order chi connectivity index (χ1) is 9.99. The second-order valence-electron chi connectivity index (χ2n) is 5.42. The maximum atomic E-state index is 12.1. The minimum atomic E-state index is -0.815. The van der Waals surface area contributed by atoms with Crippen LogP contribution in [0.2, 0.25) is 0 Å². The molecule has 0 fully saturated rings. The van der Waals surface area contributed by atoms with E-state index in [2.05, 4.69) is 11.6 Å². The molecular formula is C15H30N2O3S. The first-order valence-electron chi connectivity index (χ1n) is 7.74. The number of aliphatic carboxylic acids is 1. The van der Waals surface area contributed by atoms with Crippen LogP contribution in [0.3, 0.4) is 0 Å². The van der Waals surface area contributed by atoms with E-state index in [1.807, 2.05) is 25.6 Å². The molecule has 0 saturated carbocycles. The summed E-state index contributed by atoms with van der Waals surface area (Å²) in [5, 5.41) is 11.6.